The molecule has 2 rings (SSSR count). The van der Waals surface area contributed by atoms with Crippen LogP contribution >= 0.6 is 0 Å². The first-order valence-corrected chi connectivity index (χ1v) is 7.21. The van der Waals surface area contributed by atoms with Crippen LogP contribution in [0.1, 0.15) is 15.9 Å². The molecule has 21 heavy (non-hydrogen) atoms. The van der Waals surface area contributed by atoms with Crippen molar-refractivity contribution in [2.24, 2.45) is 5.73 Å². The summed E-state index contributed by atoms with van der Waals surface area (Å²) in [5, 5.41) is 5.98. The van der Waals surface area contributed by atoms with Gasteiger partial charge in [-0.1, -0.05) is 6.07 Å². The Bertz CT molecular complexity index is 784. The predicted molar refractivity (Wildman–Crippen MR) is 73.4 cm³/mol. The normalized spacial score (nSPS) is 11.1. The van der Waals surface area contributed by atoms with Crippen molar-refractivity contribution in [1.29, 1.82) is 0 Å². The molecule has 0 fully saturated rings. The highest BCUT2D eigenvalue weighted by atomic mass is 32.2. The lowest BCUT2D eigenvalue weighted by molar-refractivity contribution is 0.0999. The third-order valence-electron chi connectivity index (χ3n) is 2.66. The Hall–Kier alpha value is -2.62. The zero-order valence-electron chi connectivity index (χ0n) is 11.2. The summed E-state index contributed by atoms with van der Waals surface area (Å²) >= 11 is 0. The fraction of sp³-hybridized carbons (Fsp3) is 0.182. The third kappa shape index (κ3) is 3.11. The molecule has 1 aromatic carbocycles. The minimum atomic E-state index is -3.93. The summed E-state index contributed by atoms with van der Waals surface area (Å²) in [6, 6.07) is 4.05. The maximum Gasteiger partial charge on any atom is 0.336 e. The quantitative estimate of drug-likeness (QED) is 0.711. The summed E-state index contributed by atoms with van der Waals surface area (Å²) in [4.78, 5) is 14.9. The number of carbonyl (C=O) groups is 1. The zero-order chi connectivity index (χ0) is 15.6. The maximum absolute atomic E-state index is 12.2. The number of ether oxygens (including phenoxy) is 1. The van der Waals surface area contributed by atoms with Crippen molar-refractivity contribution in [3.63, 3.8) is 0 Å². The highest BCUT2D eigenvalue weighted by Gasteiger charge is 2.19. The fourth-order valence-corrected chi connectivity index (χ4v) is 2.59. The number of anilines is 1. The summed E-state index contributed by atoms with van der Waals surface area (Å²) < 4.78 is 31.3. The second-order valence-corrected chi connectivity index (χ2v) is 5.80. The number of nitrogens with two attached hydrogens (primary N) is 1. The molecule has 0 radical (unpaired) electrons. The SMILES string of the molecule is COc1n[nH]c(NS(=O)(=O)c2ccc(C)c(C(N)=O)c2)n1. The molecule has 0 saturated carbocycles. The lowest BCUT2D eigenvalue weighted by atomic mass is 10.1. The summed E-state index contributed by atoms with van der Waals surface area (Å²) in [6.45, 7) is 1.66. The first-order valence-electron chi connectivity index (χ1n) is 5.73. The van der Waals surface area contributed by atoms with Gasteiger partial charge in [-0.05, 0) is 24.6 Å². The predicted octanol–water partition coefficient (Wildman–Crippen LogP) is 0.0214. The summed E-state index contributed by atoms with van der Waals surface area (Å²) in [5.74, 6) is -0.807. The maximum atomic E-state index is 12.2. The number of benzene rings is 1. The molecule has 0 spiro atoms. The Balaban J connectivity index is 2.35. The van der Waals surface area contributed by atoms with E-state index in [1.54, 1.807) is 6.92 Å². The van der Waals surface area contributed by atoms with Gasteiger partial charge in [0.1, 0.15) is 0 Å². The van der Waals surface area contributed by atoms with E-state index >= 15 is 0 Å². The van der Waals surface area contributed by atoms with Crippen LogP contribution in [-0.4, -0.2) is 36.6 Å². The molecule has 0 saturated heterocycles. The monoisotopic (exact) mass is 311 g/mol. The van der Waals surface area contributed by atoms with Gasteiger partial charge in [0.15, 0.2) is 0 Å². The second kappa shape index (κ2) is 5.40. The van der Waals surface area contributed by atoms with E-state index in [9.17, 15) is 13.2 Å². The van der Waals surface area contributed by atoms with E-state index in [1.807, 2.05) is 0 Å². The molecule has 0 unspecified atom stereocenters. The van der Waals surface area contributed by atoms with Crippen LogP contribution in [0.25, 0.3) is 0 Å². The molecule has 0 bridgehead atoms. The van der Waals surface area contributed by atoms with Crippen molar-refractivity contribution < 1.29 is 17.9 Å². The zero-order valence-corrected chi connectivity index (χ0v) is 12.1. The van der Waals surface area contributed by atoms with Gasteiger partial charge in [-0.25, -0.2) is 18.2 Å². The molecule has 0 aliphatic rings. The highest BCUT2D eigenvalue weighted by molar-refractivity contribution is 7.92. The van der Waals surface area contributed by atoms with E-state index in [2.05, 4.69) is 19.9 Å². The van der Waals surface area contributed by atoms with Crippen LogP contribution in [0.5, 0.6) is 6.01 Å². The van der Waals surface area contributed by atoms with Crippen LogP contribution in [0.15, 0.2) is 23.1 Å². The number of nitrogens with one attached hydrogen (secondary N) is 2. The molecule has 0 aliphatic carbocycles. The highest BCUT2D eigenvalue weighted by Crippen LogP contribution is 2.18. The van der Waals surface area contributed by atoms with Crippen molar-refractivity contribution in [3.8, 4) is 6.01 Å². The standard InChI is InChI=1S/C11H13N5O4S/c1-6-3-4-7(5-8(6)9(12)17)21(18,19)16-10-13-11(20-2)15-14-10/h3-5H,1-2H3,(H2,12,17)(H2,13,14,15,16). The molecular formula is C11H13N5O4S. The molecule has 1 amide bonds. The molecule has 4 N–H and O–H groups in total. The minimum Gasteiger partial charge on any atom is -0.466 e. The number of amides is 1. The Labute approximate surface area is 120 Å². The van der Waals surface area contributed by atoms with Gasteiger partial charge in [0.2, 0.25) is 11.9 Å². The van der Waals surface area contributed by atoms with E-state index in [4.69, 9.17) is 10.5 Å². The lowest BCUT2D eigenvalue weighted by Gasteiger charge is -2.07. The Morgan fingerprint density at radius 2 is 2.14 bits per heavy atom. The average Bonchev–Trinajstić information content (AvgIpc) is 2.85. The number of rotatable bonds is 5. The molecule has 1 aromatic heterocycles. The Morgan fingerprint density at radius 1 is 1.43 bits per heavy atom. The van der Waals surface area contributed by atoms with Crippen molar-refractivity contribution in [3.05, 3.63) is 29.3 Å². The number of aromatic amines is 1. The van der Waals surface area contributed by atoms with E-state index < -0.39 is 15.9 Å². The molecule has 0 atom stereocenters. The number of aromatic nitrogens is 3. The molecule has 112 valence electrons. The molecule has 0 aliphatic heterocycles. The summed E-state index contributed by atoms with van der Waals surface area (Å²) in [7, 11) is -2.58. The number of hydrogen-bond acceptors (Lipinski definition) is 6. The summed E-state index contributed by atoms with van der Waals surface area (Å²) in [6.07, 6.45) is 0. The first kappa shape index (κ1) is 14.8. The second-order valence-electron chi connectivity index (χ2n) is 4.12. The van der Waals surface area contributed by atoms with Gasteiger partial charge in [0.05, 0.1) is 12.0 Å². The molecular weight excluding hydrogens is 298 g/mol. The first-order chi connectivity index (χ1) is 9.83. The molecule has 2 aromatic rings. The minimum absolute atomic E-state index is 0.00516. The lowest BCUT2D eigenvalue weighted by Crippen LogP contribution is -2.17. The van der Waals surface area contributed by atoms with Crippen LogP contribution in [-0.2, 0) is 10.0 Å². The average molecular weight is 311 g/mol. The molecule has 9 nitrogen and oxygen atoms in total. The number of H-pyrrole nitrogens is 1. The van der Waals surface area contributed by atoms with Crippen molar-refractivity contribution in [2.45, 2.75) is 11.8 Å². The number of methoxy groups -OCH3 is 1. The fourth-order valence-electron chi connectivity index (χ4n) is 1.60. The van der Waals surface area contributed by atoms with Crippen molar-refractivity contribution in [2.75, 3.05) is 11.8 Å². The number of aryl methyl sites for hydroxylation is 1. The topological polar surface area (TPSA) is 140 Å². The summed E-state index contributed by atoms with van der Waals surface area (Å²) in [5.41, 5.74) is 5.92. The van der Waals surface area contributed by atoms with E-state index in [0.29, 0.717) is 5.56 Å². The third-order valence-corrected chi connectivity index (χ3v) is 4.00. The van der Waals surface area contributed by atoms with Gasteiger partial charge in [-0.2, -0.15) is 4.98 Å². The number of nitrogens with zero attached hydrogens (tertiary/aromatic N) is 2. The van der Waals surface area contributed by atoms with Crippen molar-refractivity contribution >= 4 is 21.9 Å². The van der Waals surface area contributed by atoms with Crippen LogP contribution in [0.3, 0.4) is 0 Å². The van der Waals surface area contributed by atoms with Crippen LogP contribution in [0.4, 0.5) is 5.95 Å². The van der Waals surface area contributed by atoms with Gasteiger partial charge in [0.25, 0.3) is 10.0 Å². The number of hydrogen-bond donors (Lipinski definition) is 3. The van der Waals surface area contributed by atoms with Gasteiger partial charge in [-0.15, -0.1) is 5.10 Å². The van der Waals surface area contributed by atoms with Crippen LogP contribution in [0.2, 0.25) is 0 Å². The molecule has 1 heterocycles. The Morgan fingerprint density at radius 3 is 2.71 bits per heavy atom. The van der Waals surface area contributed by atoms with E-state index in [0.717, 1.165) is 0 Å². The Kier molecular flexibility index (Phi) is 3.80. The van der Waals surface area contributed by atoms with E-state index in [1.165, 1.54) is 25.3 Å². The van der Waals surface area contributed by atoms with Crippen molar-refractivity contribution in [1.82, 2.24) is 15.2 Å². The number of primary amides is 1. The van der Waals surface area contributed by atoms with E-state index in [-0.39, 0.29) is 22.4 Å². The molecule has 10 heteroatoms. The smallest absolute Gasteiger partial charge is 0.336 e. The van der Waals surface area contributed by atoms with Gasteiger partial charge < -0.3 is 10.5 Å². The van der Waals surface area contributed by atoms with Gasteiger partial charge in [0, 0.05) is 5.56 Å². The number of carbonyl (C=O) groups excluding carboxylic acids is 1. The largest absolute Gasteiger partial charge is 0.466 e. The van der Waals surface area contributed by atoms with Crippen LogP contribution in [0, 0.1) is 6.92 Å². The van der Waals surface area contributed by atoms with Crippen LogP contribution < -0.4 is 15.2 Å². The van der Waals surface area contributed by atoms with Gasteiger partial charge >= 0.3 is 6.01 Å². The van der Waals surface area contributed by atoms with Gasteiger partial charge in [-0.3, -0.25) is 4.79 Å². The number of sulfonamides is 1.